The molecule has 1 fully saturated rings. The van der Waals surface area contributed by atoms with E-state index in [9.17, 15) is 13.2 Å². The van der Waals surface area contributed by atoms with Crippen molar-refractivity contribution in [3.63, 3.8) is 0 Å². The predicted molar refractivity (Wildman–Crippen MR) is 82.8 cm³/mol. The quantitative estimate of drug-likeness (QED) is 0.918. The monoisotopic (exact) mass is 319 g/mol. The molecule has 22 heavy (non-hydrogen) atoms. The van der Waals surface area contributed by atoms with Crippen molar-refractivity contribution in [3.05, 3.63) is 47.8 Å². The van der Waals surface area contributed by atoms with Gasteiger partial charge in [-0.25, -0.2) is 13.1 Å². The Morgan fingerprint density at radius 2 is 2.00 bits per heavy atom. The fraction of sp³-hybridized carbons (Fsp3) is 0.333. The first-order valence-corrected chi connectivity index (χ1v) is 8.89. The van der Waals surface area contributed by atoms with Crippen molar-refractivity contribution in [2.75, 3.05) is 11.5 Å². The van der Waals surface area contributed by atoms with Gasteiger partial charge in [-0.2, -0.15) is 5.10 Å². The zero-order chi connectivity index (χ0) is 15.7. The highest BCUT2D eigenvalue weighted by Crippen LogP contribution is 2.14. The number of hydrogen-bond donors (Lipinski definition) is 1. The fourth-order valence-electron chi connectivity index (χ4n) is 2.57. The lowest BCUT2D eigenvalue weighted by Crippen LogP contribution is -2.35. The zero-order valence-electron chi connectivity index (χ0n) is 12.2. The molecule has 0 saturated carbocycles. The summed E-state index contributed by atoms with van der Waals surface area (Å²) in [5.74, 6) is -0.0653. The van der Waals surface area contributed by atoms with Crippen LogP contribution in [0.5, 0.6) is 0 Å². The minimum Gasteiger partial charge on any atom is -0.348 e. The van der Waals surface area contributed by atoms with E-state index in [2.05, 4.69) is 10.4 Å². The van der Waals surface area contributed by atoms with Crippen molar-refractivity contribution in [1.29, 1.82) is 0 Å². The number of benzene rings is 1. The molecule has 6 nitrogen and oxygen atoms in total. The average Bonchev–Trinajstić information content (AvgIpc) is 3.04. The first-order valence-electron chi connectivity index (χ1n) is 7.07. The molecule has 1 aromatic carbocycles. The number of aryl methyl sites for hydroxylation is 1. The van der Waals surface area contributed by atoms with Crippen molar-refractivity contribution in [2.24, 2.45) is 0 Å². The highest BCUT2D eigenvalue weighted by atomic mass is 32.2. The second-order valence-corrected chi connectivity index (χ2v) is 7.73. The molecule has 116 valence electrons. The van der Waals surface area contributed by atoms with Gasteiger partial charge in [0.25, 0.3) is 5.91 Å². The number of amides is 1. The van der Waals surface area contributed by atoms with Crippen LogP contribution >= 0.6 is 0 Å². The Morgan fingerprint density at radius 3 is 2.55 bits per heavy atom. The van der Waals surface area contributed by atoms with Gasteiger partial charge in [-0.15, -0.1) is 0 Å². The van der Waals surface area contributed by atoms with Crippen LogP contribution in [0.1, 0.15) is 22.5 Å². The topological polar surface area (TPSA) is 81.1 Å². The smallest absolute Gasteiger partial charge is 0.251 e. The number of nitrogens with one attached hydrogen (secondary N) is 1. The normalized spacial score (nSPS) is 20.0. The lowest BCUT2D eigenvalue weighted by atomic mass is 10.1. The van der Waals surface area contributed by atoms with Crippen LogP contribution in [0, 0.1) is 6.92 Å². The highest BCUT2D eigenvalue weighted by molar-refractivity contribution is 7.91. The van der Waals surface area contributed by atoms with E-state index in [-0.39, 0.29) is 23.5 Å². The van der Waals surface area contributed by atoms with Gasteiger partial charge in [0.05, 0.1) is 17.2 Å². The van der Waals surface area contributed by atoms with Gasteiger partial charge in [-0.1, -0.05) is 0 Å². The molecule has 1 aromatic heterocycles. The largest absolute Gasteiger partial charge is 0.348 e. The number of carbonyl (C=O) groups is 1. The molecule has 3 rings (SSSR count). The second kappa shape index (κ2) is 5.57. The molecule has 2 aromatic rings. The Bertz CT molecular complexity index is 794. The molecule has 0 unspecified atom stereocenters. The lowest BCUT2D eigenvalue weighted by Gasteiger charge is -2.11. The summed E-state index contributed by atoms with van der Waals surface area (Å²) in [6, 6.07) is 8.69. The van der Waals surface area contributed by atoms with Gasteiger partial charge in [0.15, 0.2) is 9.84 Å². The van der Waals surface area contributed by atoms with Gasteiger partial charge < -0.3 is 5.32 Å². The van der Waals surface area contributed by atoms with Gasteiger partial charge in [0.2, 0.25) is 0 Å². The number of carbonyl (C=O) groups excluding carboxylic acids is 1. The number of rotatable bonds is 3. The van der Waals surface area contributed by atoms with Crippen LogP contribution in [0.25, 0.3) is 5.69 Å². The predicted octanol–water partition coefficient (Wildman–Crippen LogP) is 1.10. The first-order chi connectivity index (χ1) is 10.4. The summed E-state index contributed by atoms with van der Waals surface area (Å²) >= 11 is 0. The molecule has 0 aliphatic carbocycles. The van der Waals surface area contributed by atoms with Crippen molar-refractivity contribution >= 4 is 15.7 Å². The first kappa shape index (κ1) is 14.8. The van der Waals surface area contributed by atoms with E-state index >= 15 is 0 Å². The Morgan fingerprint density at radius 1 is 1.27 bits per heavy atom. The number of nitrogens with zero attached hydrogens (tertiary/aromatic N) is 2. The third kappa shape index (κ3) is 3.04. The van der Waals surface area contributed by atoms with Gasteiger partial charge in [-0.05, 0) is 43.7 Å². The zero-order valence-corrected chi connectivity index (χ0v) is 13.0. The highest BCUT2D eigenvalue weighted by Gasteiger charge is 2.29. The van der Waals surface area contributed by atoms with Crippen LogP contribution in [0.2, 0.25) is 0 Å². The maximum Gasteiger partial charge on any atom is 0.251 e. The van der Waals surface area contributed by atoms with Gasteiger partial charge in [-0.3, -0.25) is 4.79 Å². The van der Waals surface area contributed by atoms with Gasteiger partial charge >= 0.3 is 0 Å². The standard InChI is InChI=1S/C15H17N3O3S/c1-11-6-8-16-18(11)14-4-2-12(3-5-14)15(19)17-13-7-9-22(20,21)10-13/h2-6,8,13H,7,9-10H2,1H3,(H,17,19)/t13-/m0/s1. The van der Waals surface area contributed by atoms with Crippen LogP contribution in [-0.4, -0.2) is 41.7 Å². The van der Waals surface area contributed by atoms with E-state index < -0.39 is 9.84 Å². The molecule has 1 amide bonds. The van der Waals surface area contributed by atoms with E-state index in [4.69, 9.17) is 0 Å². The van der Waals surface area contributed by atoms with Crippen molar-refractivity contribution < 1.29 is 13.2 Å². The molecule has 2 heterocycles. The van der Waals surface area contributed by atoms with E-state index in [1.165, 1.54) is 0 Å². The third-order valence-corrected chi connectivity index (χ3v) is 5.54. The Kier molecular flexibility index (Phi) is 3.74. The number of sulfone groups is 1. The van der Waals surface area contributed by atoms with Crippen molar-refractivity contribution in [2.45, 2.75) is 19.4 Å². The van der Waals surface area contributed by atoms with Crippen molar-refractivity contribution in [1.82, 2.24) is 15.1 Å². The molecule has 1 saturated heterocycles. The Balaban J connectivity index is 1.70. The molecule has 1 aliphatic heterocycles. The van der Waals surface area contributed by atoms with Crippen LogP contribution in [0.3, 0.4) is 0 Å². The second-order valence-electron chi connectivity index (χ2n) is 5.50. The molecule has 1 atom stereocenters. The summed E-state index contributed by atoms with van der Waals surface area (Å²) in [6.45, 7) is 1.95. The minimum absolute atomic E-state index is 0.0311. The van der Waals surface area contributed by atoms with Crippen molar-refractivity contribution in [3.8, 4) is 5.69 Å². The summed E-state index contributed by atoms with van der Waals surface area (Å²) in [5.41, 5.74) is 2.40. The molecular formula is C15H17N3O3S. The summed E-state index contributed by atoms with van der Waals surface area (Å²) in [7, 11) is -2.99. The van der Waals surface area contributed by atoms with Crippen LogP contribution < -0.4 is 5.32 Å². The maximum atomic E-state index is 12.1. The molecule has 1 aliphatic rings. The lowest BCUT2D eigenvalue weighted by molar-refractivity contribution is 0.0941. The number of hydrogen-bond acceptors (Lipinski definition) is 4. The van der Waals surface area contributed by atoms with Crippen LogP contribution in [0.15, 0.2) is 36.5 Å². The number of aromatic nitrogens is 2. The van der Waals surface area contributed by atoms with E-state index in [0.717, 1.165) is 11.4 Å². The van der Waals surface area contributed by atoms with Gasteiger partial charge in [0.1, 0.15) is 0 Å². The molecule has 1 N–H and O–H groups in total. The van der Waals surface area contributed by atoms with Crippen LogP contribution in [0.4, 0.5) is 0 Å². The molecule has 0 bridgehead atoms. The summed E-state index contributed by atoms with van der Waals surface area (Å²) in [6.07, 6.45) is 2.20. The van der Waals surface area contributed by atoms with E-state index in [0.29, 0.717) is 12.0 Å². The summed E-state index contributed by atoms with van der Waals surface area (Å²) in [4.78, 5) is 12.1. The third-order valence-electron chi connectivity index (χ3n) is 3.77. The van der Waals surface area contributed by atoms with E-state index in [1.807, 2.05) is 25.1 Å². The summed E-state index contributed by atoms with van der Waals surface area (Å²) < 4.78 is 24.6. The maximum absolute atomic E-state index is 12.1. The van der Waals surface area contributed by atoms with Gasteiger partial charge in [0, 0.05) is 23.5 Å². The molecule has 0 spiro atoms. The Labute approximate surface area is 129 Å². The molecular weight excluding hydrogens is 302 g/mol. The fourth-order valence-corrected chi connectivity index (χ4v) is 4.24. The Hall–Kier alpha value is -2.15. The molecule has 0 radical (unpaired) electrons. The SMILES string of the molecule is Cc1ccnn1-c1ccc(C(=O)N[C@H]2CCS(=O)(=O)C2)cc1. The van der Waals surface area contributed by atoms with E-state index in [1.54, 1.807) is 23.0 Å². The summed E-state index contributed by atoms with van der Waals surface area (Å²) in [5, 5.41) is 6.98. The minimum atomic E-state index is -2.99. The molecule has 7 heteroatoms. The van der Waals surface area contributed by atoms with Crippen LogP contribution in [-0.2, 0) is 9.84 Å². The average molecular weight is 319 g/mol.